The second kappa shape index (κ2) is 6.79. The molecular weight excluding hydrogens is 255 g/mol. The number of ether oxygens (including phenoxy) is 1. The summed E-state index contributed by atoms with van der Waals surface area (Å²) in [5.74, 6) is -1.50. The highest BCUT2D eigenvalue weighted by Gasteiger charge is 2.17. The molecule has 0 fully saturated rings. The fourth-order valence-electron chi connectivity index (χ4n) is 1.47. The lowest BCUT2D eigenvalue weighted by Gasteiger charge is -2.13. The van der Waals surface area contributed by atoms with Crippen LogP contribution in [0.5, 0.6) is 0 Å². The van der Waals surface area contributed by atoms with Crippen molar-refractivity contribution >= 4 is 11.6 Å². The van der Waals surface area contributed by atoms with Crippen LogP contribution in [0.15, 0.2) is 18.2 Å². The highest BCUT2D eigenvalue weighted by molar-refractivity contribution is 5.94. The first-order valence-electron chi connectivity index (χ1n) is 5.69. The van der Waals surface area contributed by atoms with Gasteiger partial charge in [0.2, 0.25) is 5.82 Å². The van der Waals surface area contributed by atoms with E-state index in [-0.39, 0.29) is 11.6 Å². The van der Waals surface area contributed by atoms with Crippen LogP contribution in [0.4, 0.5) is 10.1 Å². The van der Waals surface area contributed by atoms with E-state index in [4.69, 9.17) is 4.74 Å². The number of benzene rings is 1. The number of methoxy groups -OCH3 is 1. The Morgan fingerprint density at radius 1 is 1.58 bits per heavy atom. The van der Waals surface area contributed by atoms with Gasteiger partial charge in [0.1, 0.15) is 0 Å². The van der Waals surface area contributed by atoms with Gasteiger partial charge < -0.3 is 10.1 Å². The topological polar surface area (TPSA) is 81.5 Å². The van der Waals surface area contributed by atoms with E-state index in [9.17, 15) is 19.3 Å². The van der Waals surface area contributed by atoms with Crippen molar-refractivity contribution in [2.75, 3.05) is 13.7 Å². The average molecular weight is 270 g/mol. The Kier molecular flexibility index (Phi) is 5.37. The van der Waals surface area contributed by atoms with Crippen molar-refractivity contribution in [2.24, 2.45) is 0 Å². The molecule has 1 atom stereocenters. The Labute approximate surface area is 109 Å². The molecule has 1 aromatic carbocycles. The van der Waals surface area contributed by atoms with E-state index in [0.29, 0.717) is 13.0 Å². The molecule has 1 amide bonds. The summed E-state index contributed by atoms with van der Waals surface area (Å²) in [7, 11) is 1.56. The molecule has 0 radical (unpaired) electrons. The molecule has 7 heteroatoms. The summed E-state index contributed by atoms with van der Waals surface area (Å²) in [6.07, 6.45) is 0.623. The first-order chi connectivity index (χ1) is 8.95. The fraction of sp³-hybridized carbons (Fsp3) is 0.417. The van der Waals surface area contributed by atoms with Crippen molar-refractivity contribution in [2.45, 2.75) is 19.4 Å². The van der Waals surface area contributed by atoms with E-state index in [1.807, 2.05) is 0 Å². The highest BCUT2D eigenvalue weighted by Crippen LogP contribution is 2.18. The Bertz CT molecular complexity index is 479. The van der Waals surface area contributed by atoms with E-state index in [1.54, 1.807) is 14.0 Å². The number of nitrogens with one attached hydrogen (secondary N) is 1. The van der Waals surface area contributed by atoms with Crippen LogP contribution < -0.4 is 5.32 Å². The summed E-state index contributed by atoms with van der Waals surface area (Å²) < 4.78 is 18.2. The molecule has 0 aromatic heterocycles. The third-order valence-electron chi connectivity index (χ3n) is 2.54. The molecule has 6 nitrogen and oxygen atoms in total. The molecule has 1 unspecified atom stereocenters. The summed E-state index contributed by atoms with van der Waals surface area (Å²) in [6.45, 7) is 2.29. The first-order valence-corrected chi connectivity index (χ1v) is 5.69. The van der Waals surface area contributed by atoms with Crippen LogP contribution in [0.25, 0.3) is 0 Å². The Balaban J connectivity index is 2.72. The van der Waals surface area contributed by atoms with Gasteiger partial charge in [-0.1, -0.05) is 0 Å². The van der Waals surface area contributed by atoms with Crippen molar-refractivity contribution in [3.05, 3.63) is 39.7 Å². The fourth-order valence-corrected chi connectivity index (χ4v) is 1.47. The van der Waals surface area contributed by atoms with Crippen LogP contribution in [0.3, 0.4) is 0 Å². The SMILES string of the molecule is COCCC(C)NC(=O)c1ccc([N+](=O)[O-])c(F)c1. The quantitative estimate of drug-likeness (QED) is 0.632. The normalized spacial score (nSPS) is 11.9. The summed E-state index contributed by atoms with van der Waals surface area (Å²) in [5, 5.41) is 13.1. The minimum absolute atomic E-state index is 0.0485. The Morgan fingerprint density at radius 2 is 2.26 bits per heavy atom. The van der Waals surface area contributed by atoms with Gasteiger partial charge in [-0.25, -0.2) is 0 Å². The number of nitro groups is 1. The summed E-state index contributed by atoms with van der Waals surface area (Å²) in [5.41, 5.74) is -0.601. The van der Waals surface area contributed by atoms with E-state index >= 15 is 0 Å². The summed E-state index contributed by atoms with van der Waals surface area (Å²) in [6, 6.07) is 2.92. The minimum atomic E-state index is -1.03. The van der Waals surface area contributed by atoms with Crippen molar-refractivity contribution in [3.8, 4) is 0 Å². The molecule has 0 heterocycles. The van der Waals surface area contributed by atoms with Gasteiger partial charge in [-0.3, -0.25) is 14.9 Å². The highest BCUT2D eigenvalue weighted by atomic mass is 19.1. The molecule has 104 valence electrons. The number of carbonyl (C=O) groups excluding carboxylic acids is 1. The zero-order valence-electron chi connectivity index (χ0n) is 10.7. The first kappa shape index (κ1) is 15.0. The zero-order valence-corrected chi connectivity index (χ0v) is 10.7. The van der Waals surface area contributed by atoms with Crippen molar-refractivity contribution in [1.29, 1.82) is 0 Å². The van der Waals surface area contributed by atoms with Crippen LogP contribution in [0, 0.1) is 15.9 Å². The van der Waals surface area contributed by atoms with Gasteiger partial charge >= 0.3 is 5.69 Å². The molecule has 0 saturated heterocycles. The van der Waals surface area contributed by atoms with Crippen LogP contribution in [0.1, 0.15) is 23.7 Å². The van der Waals surface area contributed by atoms with E-state index < -0.39 is 22.3 Å². The third kappa shape index (κ3) is 4.29. The van der Waals surface area contributed by atoms with Crippen LogP contribution >= 0.6 is 0 Å². The average Bonchev–Trinajstić information content (AvgIpc) is 2.35. The lowest BCUT2D eigenvalue weighted by atomic mass is 10.1. The number of amides is 1. The summed E-state index contributed by atoms with van der Waals surface area (Å²) >= 11 is 0. The predicted octanol–water partition coefficient (Wildman–Crippen LogP) is 1.89. The Hall–Kier alpha value is -2.02. The second-order valence-corrected chi connectivity index (χ2v) is 4.08. The number of rotatable bonds is 6. The standard InChI is InChI=1S/C12H15FN2O4/c1-8(5-6-19-2)14-12(16)9-3-4-11(15(17)18)10(13)7-9/h3-4,7-8H,5-6H2,1-2H3,(H,14,16). The molecule has 0 bridgehead atoms. The van der Waals surface area contributed by atoms with Crippen molar-refractivity contribution in [1.82, 2.24) is 5.32 Å². The maximum atomic E-state index is 13.4. The van der Waals surface area contributed by atoms with Crippen LogP contribution in [-0.2, 0) is 4.74 Å². The van der Waals surface area contributed by atoms with Crippen LogP contribution in [-0.4, -0.2) is 30.6 Å². The molecule has 0 aliphatic carbocycles. The van der Waals surface area contributed by atoms with E-state index in [0.717, 1.165) is 12.1 Å². The van der Waals surface area contributed by atoms with Crippen molar-refractivity contribution < 1.29 is 18.8 Å². The molecular formula is C12H15FN2O4. The molecule has 0 aliphatic heterocycles. The van der Waals surface area contributed by atoms with Gasteiger partial charge in [-0.2, -0.15) is 4.39 Å². The van der Waals surface area contributed by atoms with E-state index in [2.05, 4.69) is 5.32 Å². The number of hydrogen-bond donors (Lipinski definition) is 1. The molecule has 1 rings (SSSR count). The van der Waals surface area contributed by atoms with Gasteiger partial charge in [0.05, 0.1) is 4.92 Å². The monoisotopic (exact) mass is 270 g/mol. The number of halogens is 1. The van der Waals surface area contributed by atoms with Gasteiger partial charge in [0.25, 0.3) is 5.91 Å². The van der Waals surface area contributed by atoms with Gasteiger partial charge in [-0.05, 0) is 25.5 Å². The zero-order chi connectivity index (χ0) is 14.4. The molecule has 0 aliphatic rings. The molecule has 1 N–H and O–H groups in total. The number of nitrogens with zero attached hydrogens (tertiary/aromatic N) is 1. The smallest absolute Gasteiger partial charge is 0.304 e. The molecule has 0 saturated carbocycles. The maximum Gasteiger partial charge on any atom is 0.304 e. The molecule has 0 spiro atoms. The van der Waals surface area contributed by atoms with Crippen LogP contribution in [0.2, 0.25) is 0 Å². The number of carbonyl (C=O) groups is 1. The third-order valence-corrected chi connectivity index (χ3v) is 2.54. The van der Waals surface area contributed by atoms with E-state index in [1.165, 1.54) is 6.07 Å². The lowest BCUT2D eigenvalue weighted by Crippen LogP contribution is -2.33. The molecule has 1 aromatic rings. The summed E-state index contributed by atoms with van der Waals surface area (Å²) in [4.78, 5) is 21.4. The largest absolute Gasteiger partial charge is 0.385 e. The number of hydrogen-bond acceptors (Lipinski definition) is 4. The van der Waals surface area contributed by atoms with Crippen molar-refractivity contribution in [3.63, 3.8) is 0 Å². The second-order valence-electron chi connectivity index (χ2n) is 4.08. The minimum Gasteiger partial charge on any atom is -0.385 e. The van der Waals surface area contributed by atoms with Gasteiger partial charge in [-0.15, -0.1) is 0 Å². The Morgan fingerprint density at radius 3 is 2.79 bits per heavy atom. The maximum absolute atomic E-state index is 13.4. The van der Waals surface area contributed by atoms with Gasteiger partial charge in [0, 0.05) is 31.4 Å². The number of nitro benzene ring substituents is 1. The molecule has 19 heavy (non-hydrogen) atoms. The predicted molar refractivity (Wildman–Crippen MR) is 66.5 cm³/mol. The lowest BCUT2D eigenvalue weighted by molar-refractivity contribution is -0.387. The van der Waals surface area contributed by atoms with Gasteiger partial charge in [0.15, 0.2) is 0 Å².